The topological polar surface area (TPSA) is 46.2 Å². The van der Waals surface area contributed by atoms with Crippen LogP contribution >= 0.6 is 0 Å². The van der Waals surface area contributed by atoms with Crippen molar-refractivity contribution in [1.82, 2.24) is 0 Å². The molecule has 0 aromatic heterocycles. The van der Waals surface area contributed by atoms with E-state index in [1.165, 1.54) is 7.11 Å². The van der Waals surface area contributed by atoms with Gasteiger partial charge in [-0.1, -0.05) is 24.3 Å². The highest BCUT2D eigenvalue weighted by molar-refractivity contribution is 6.12. The summed E-state index contributed by atoms with van der Waals surface area (Å²) in [5.41, 5.74) is 0.631. The summed E-state index contributed by atoms with van der Waals surface area (Å²) in [6.45, 7) is 0.647. The van der Waals surface area contributed by atoms with E-state index in [2.05, 4.69) is 10.2 Å². The Bertz CT molecular complexity index is 561. The molecule has 0 unspecified atom stereocenters. The van der Waals surface area contributed by atoms with Crippen molar-refractivity contribution in [3.63, 3.8) is 0 Å². The molecule has 0 atom stereocenters. The predicted molar refractivity (Wildman–Crippen MR) is 91.1 cm³/mol. The number of ether oxygens (including phenoxy) is 5. The number of benzene rings is 2. The molecule has 0 spiro atoms. The normalized spacial score (nSPS) is 11.3. The van der Waals surface area contributed by atoms with Crippen molar-refractivity contribution in [3.05, 3.63) is 59.7 Å². The van der Waals surface area contributed by atoms with Crippen LogP contribution in [0, 0.1) is 0 Å². The molecule has 6 heteroatoms. The van der Waals surface area contributed by atoms with Crippen molar-refractivity contribution in [2.75, 3.05) is 21.3 Å². The Morgan fingerprint density at radius 1 is 0.708 bits per heavy atom. The van der Waals surface area contributed by atoms with Crippen molar-refractivity contribution in [3.8, 4) is 11.5 Å². The summed E-state index contributed by atoms with van der Waals surface area (Å²) in [5, 5.41) is 0. The maximum atomic E-state index is 5.71. The molecule has 0 aliphatic carbocycles. The van der Waals surface area contributed by atoms with Crippen LogP contribution in [0.4, 0.5) is 0 Å². The highest BCUT2D eigenvalue weighted by Gasteiger charge is 2.25. The van der Waals surface area contributed by atoms with Crippen LogP contribution in [0.15, 0.2) is 48.5 Å². The van der Waals surface area contributed by atoms with E-state index < -0.39 is 5.60 Å². The molecule has 127 valence electrons. The largest absolute Gasteiger partial charge is 0.497 e. The highest BCUT2D eigenvalue weighted by Crippen LogP contribution is 2.19. The zero-order valence-corrected chi connectivity index (χ0v) is 15.1. The van der Waals surface area contributed by atoms with Gasteiger partial charge in [0.25, 0.3) is 0 Å². The van der Waals surface area contributed by atoms with Crippen LogP contribution in [0.5, 0.6) is 11.5 Å². The Labute approximate surface area is 145 Å². The lowest BCUT2D eigenvalue weighted by atomic mass is 10.2. The molecule has 2 aromatic carbocycles. The molecule has 2 aromatic rings. The summed E-state index contributed by atoms with van der Waals surface area (Å²) in [5.74, 6) is 1.59. The number of methoxy groups -OCH3 is 3. The molecule has 0 aliphatic heterocycles. The van der Waals surface area contributed by atoms with Gasteiger partial charge in [-0.25, -0.2) is 0 Å². The fourth-order valence-electron chi connectivity index (χ4n) is 1.96. The standard InChI is InChI=1S/C18H21O5Si/c1-19-16-8-4-14(5-9-16)12-22-18(24,21-3)23-13-15-6-10-17(20-2)11-7-15/h4-11H,12-13H2,1-3H3. The summed E-state index contributed by atoms with van der Waals surface area (Å²) in [6, 6.07) is 15.2. The highest BCUT2D eigenvalue weighted by atomic mass is 28.1. The van der Waals surface area contributed by atoms with Gasteiger partial charge in [-0.15, -0.1) is 0 Å². The summed E-state index contributed by atoms with van der Waals surface area (Å²) < 4.78 is 27.0. The van der Waals surface area contributed by atoms with E-state index in [0.29, 0.717) is 13.2 Å². The first-order valence-electron chi connectivity index (χ1n) is 7.42. The molecule has 2 rings (SSSR count). The van der Waals surface area contributed by atoms with E-state index in [0.717, 1.165) is 22.6 Å². The molecule has 0 heterocycles. The van der Waals surface area contributed by atoms with Gasteiger partial charge in [-0.05, 0) is 35.4 Å². The smallest absolute Gasteiger partial charge is 0.249 e. The fourth-order valence-corrected chi connectivity index (χ4v) is 2.10. The van der Waals surface area contributed by atoms with Gasteiger partial charge in [0, 0.05) is 7.11 Å². The molecule has 5 nitrogen and oxygen atoms in total. The minimum atomic E-state index is -1.32. The van der Waals surface area contributed by atoms with E-state index in [1.807, 2.05) is 48.5 Å². The second-order valence-corrected chi connectivity index (χ2v) is 5.65. The van der Waals surface area contributed by atoms with Crippen LogP contribution in [0.1, 0.15) is 11.1 Å². The zero-order valence-electron chi connectivity index (χ0n) is 14.1. The third kappa shape index (κ3) is 5.35. The van der Waals surface area contributed by atoms with Crippen LogP contribution in [0.3, 0.4) is 0 Å². The van der Waals surface area contributed by atoms with E-state index in [4.69, 9.17) is 23.7 Å². The van der Waals surface area contributed by atoms with Gasteiger partial charge in [0.05, 0.1) is 27.4 Å². The minimum absolute atomic E-state index is 0.323. The Balaban J connectivity index is 1.89. The lowest BCUT2D eigenvalue weighted by Gasteiger charge is -2.28. The third-order valence-corrected chi connectivity index (χ3v) is 3.94. The van der Waals surface area contributed by atoms with Crippen molar-refractivity contribution in [2.24, 2.45) is 0 Å². The maximum Gasteiger partial charge on any atom is 0.249 e. The van der Waals surface area contributed by atoms with Crippen LogP contribution in [-0.4, -0.2) is 37.2 Å². The molecule has 0 fully saturated rings. The zero-order chi connectivity index (χ0) is 17.4. The Morgan fingerprint density at radius 2 is 1.08 bits per heavy atom. The molecular weight excluding hydrogens is 324 g/mol. The van der Waals surface area contributed by atoms with Gasteiger partial charge >= 0.3 is 0 Å². The lowest BCUT2D eigenvalue weighted by molar-refractivity contribution is -0.324. The molecule has 0 saturated heterocycles. The molecule has 0 bridgehead atoms. The number of hydrogen-bond acceptors (Lipinski definition) is 5. The van der Waals surface area contributed by atoms with Crippen molar-refractivity contribution >= 4 is 10.2 Å². The van der Waals surface area contributed by atoms with Gasteiger partial charge in [-0.3, -0.25) is 0 Å². The average Bonchev–Trinajstić information content (AvgIpc) is 2.65. The van der Waals surface area contributed by atoms with Crippen LogP contribution < -0.4 is 9.47 Å². The van der Waals surface area contributed by atoms with Gasteiger partial charge in [0.2, 0.25) is 5.60 Å². The van der Waals surface area contributed by atoms with Crippen LogP contribution in [0.25, 0.3) is 0 Å². The Hall–Kier alpha value is -1.86. The van der Waals surface area contributed by atoms with Crippen molar-refractivity contribution in [1.29, 1.82) is 0 Å². The van der Waals surface area contributed by atoms with E-state index in [1.54, 1.807) is 14.2 Å². The molecule has 0 saturated carbocycles. The quantitative estimate of drug-likeness (QED) is 0.517. The third-order valence-electron chi connectivity index (χ3n) is 3.44. The fraction of sp³-hybridized carbons (Fsp3) is 0.333. The second-order valence-electron chi connectivity index (χ2n) is 5.03. The Morgan fingerprint density at radius 3 is 1.38 bits per heavy atom. The van der Waals surface area contributed by atoms with Crippen LogP contribution in [-0.2, 0) is 27.4 Å². The minimum Gasteiger partial charge on any atom is -0.497 e. The van der Waals surface area contributed by atoms with Gasteiger partial charge in [-0.2, -0.15) is 0 Å². The monoisotopic (exact) mass is 345 g/mol. The molecule has 24 heavy (non-hydrogen) atoms. The maximum absolute atomic E-state index is 5.71. The average molecular weight is 345 g/mol. The van der Waals surface area contributed by atoms with Crippen LogP contribution in [0.2, 0.25) is 0 Å². The first-order valence-corrected chi connectivity index (χ1v) is 7.92. The van der Waals surface area contributed by atoms with Crippen molar-refractivity contribution < 1.29 is 23.7 Å². The van der Waals surface area contributed by atoms with E-state index >= 15 is 0 Å². The van der Waals surface area contributed by atoms with Gasteiger partial charge in [0.15, 0.2) is 10.2 Å². The van der Waals surface area contributed by atoms with Gasteiger partial charge in [0.1, 0.15) is 11.5 Å². The number of rotatable bonds is 9. The van der Waals surface area contributed by atoms with E-state index in [9.17, 15) is 0 Å². The summed E-state index contributed by atoms with van der Waals surface area (Å²) in [7, 11) is 8.17. The first-order chi connectivity index (χ1) is 11.6. The Kier molecular flexibility index (Phi) is 6.81. The van der Waals surface area contributed by atoms with Gasteiger partial charge < -0.3 is 23.7 Å². The summed E-state index contributed by atoms with van der Waals surface area (Å²) >= 11 is 0. The molecule has 0 aliphatic rings. The molecule has 0 N–H and O–H groups in total. The summed E-state index contributed by atoms with van der Waals surface area (Å²) in [4.78, 5) is 0. The molecule has 3 radical (unpaired) electrons. The summed E-state index contributed by atoms with van der Waals surface area (Å²) in [6.07, 6.45) is 0. The van der Waals surface area contributed by atoms with Crippen molar-refractivity contribution in [2.45, 2.75) is 18.8 Å². The molecular formula is C18H21O5Si. The second kappa shape index (κ2) is 8.84. The number of hydrogen-bond donors (Lipinski definition) is 0. The lowest BCUT2D eigenvalue weighted by Crippen LogP contribution is -2.38. The molecule has 0 amide bonds. The SMILES string of the molecule is COc1ccc(COC([Si])(OC)OCc2ccc(OC)cc2)cc1. The first kappa shape index (κ1) is 18.5. The van der Waals surface area contributed by atoms with E-state index in [-0.39, 0.29) is 0 Å². The predicted octanol–water partition coefficient (Wildman–Crippen LogP) is 2.86.